The highest BCUT2D eigenvalue weighted by molar-refractivity contribution is 7.98. The Bertz CT molecular complexity index is 1030. The fraction of sp³-hybridized carbons (Fsp3) is 0.105. The van der Waals surface area contributed by atoms with Gasteiger partial charge in [-0.25, -0.2) is 9.37 Å². The molecular weight excluding hydrogens is 367 g/mol. The standard InChI is InChI=1S/C19H15FN4S2/c1-13-21-17(12-25-13)18-22-23-19(26-11-14-6-3-2-4-7-14)24(18)16-9-5-8-15(20)10-16/h2-10,12H,11H2,1H3. The number of nitrogens with zero attached hydrogens (tertiary/aromatic N) is 4. The zero-order valence-corrected chi connectivity index (χ0v) is 15.6. The molecule has 2 aromatic carbocycles. The lowest BCUT2D eigenvalue weighted by atomic mass is 10.2. The summed E-state index contributed by atoms with van der Waals surface area (Å²) < 4.78 is 15.7. The summed E-state index contributed by atoms with van der Waals surface area (Å²) in [6, 6.07) is 16.6. The minimum Gasteiger partial charge on any atom is -0.269 e. The van der Waals surface area contributed by atoms with E-state index in [0.29, 0.717) is 16.7 Å². The number of thioether (sulfide) groups is 1. The average molecular weight is 382 g/mol. The van der Waals surface area contributed by atoms with E-state index in [1.165, 1.54) is 17.7 Å². The lowest BCUT2D eigenvalue weighted by Gasteiger charge is -2.09. The number of thiazole rings is 1. The van der Waals surface area contributed by atoms with E-state index in [2.05, 4.69) is 27.3 Å². The molecule has 0 radical (unpaired) electrons. The van der Waals surface area contributed by atoms with Crippen LogP contribution in [0.1, 0.15) is 10.6 Å². The minimum atomic E-state index is -0.296. The summed E-state index contributed by atoms with van der Waals surface area (Å²) in [6.07, 6.45) is 0. The van der Waals surface area contributed by atoms with Crippen LogP contribution in [0.2, 0.25) is 0 Å². The largest absolute Gasteiger partial charge is 0.269 e. The van der Waals surface area contributed by atoms with Crippen molar-refractivity contribution in [2.75, 3.05) is 0 Å². The van der Waals surface area contributed by atoms with Crippen LogP contribution in [-0.2, 0) is 5.75 Å². The molecule has 4 nitrogen and oxygen atoms in total. The summed E-state index contributed by atoms with van der Waals surface area (Å²) in [4.78, 5) is 4.51. The Balaban J connectivity index is 1.75. The van der Waals surface area contributed by atoms with E-state index in [1.807, 2.05) is 41.1 Å². The topological polar surface area (TPSA) is 43.6 Å². The molecule has 0 saturated heterocycles. The Morgan fingerprint density at radius 3 is 2.65 bits per heavy atom. The second-order valence-corrected chi connectivity index (χ2v) is 7.65. The first-order valence-corrected chi connectivity index (χ1v) is 9.88. The van der Waals surface area contributed by atoms with Gasteiger partial charge in [-0.2, -0.15) is 0 Å². The fourth-order valence-electron chi connectivity index (χ4n) is 2.57. The molecular formula is C19H15FN4S2. The number of aryl methyl sites for hydroxylation is 1. The number of halogens is 1. The molecule has 4 aromatic rings. The lowest BCUT2D eigenvalue weighted by Crippen LogP contribution is -2.00. The van der Waals surface area contributed by atoms with Crippen LogP contribution in [0.4, 0.5) is 4.39 Å². The van der Waals surface area contributed by atoms with Gasteiger partial charge < -0.3 is 0 Å². The molecule has 4 rings (SSSR count). The molecule has 0 spiro atoms. The molecule has 0 fully saturated rings. The second-order valence-electron chi connectivity index (χ2n) is 5.65. The molecule has 0 aliphatic carbocycles. The summed E-state index contributed by atoms with van der Waals surface area (Å²) in [7, 11) is 0. The molecule has 26 heavy (non-hydrogen) atoms. The van der Waals surface area contributed by atoms with Crippen molar-refractivity contribution in [2.24, 2.45) is 0 Å². The SMILES string of the molecule is Cc1nc(-c2nnc(SCc3ccccc3)n2-c2cccc(F)c2)cs1. The van der Waals surface area contributed by atoms with Crippen LogP contribution in [0.3, 0.4) is 0 Å². The van der Waals surface area contributed by atoms with Crippen molar-refractivity contribution < 1.29 is 4.39 Å². The summed E-state index contributed by atoms with van der Waals surface area (Å²) in [6.45, 7) is 1.95. The fourth-order valence-corrected chi connectivity index (χ4v) is 4.06. The Hall–Kier alpha value is -2.51. The maximum absolute atomic E-state index is 13.8. The molecule has 7 heteroatoms. The number of rotatable bonds is 5. The normalized spacial score (nSPS) is 11.0. The van der Waals surface area contributed by atoms with Gasteiger partial charge in [0.05, 0.1) is 10.7 Å². The molecule has 0 atom stereocenters. The van der Waals surface area contributed by atoms with Gasteiger partial charge >= 0.3 is 0 Å². The van der Waals surface area contributed by atoms with Crippen molar-refractivity contribution in [1.82, 2.24) is 19.7 Å². The van der Waals surface area contributed by atoms with Crippen LogP contribution >= 0.6 is 23.1 Å². The number of benzene rings is 2. The highest BCUT2D eigenvalue weighted by atomic mass is 32.2. The van der Waals surface area contributed by atoms with Crippen LogP contribution in [-0.4, -0.2) is 19.7 Å². The van der Waals surface area contributed by atoms with Gasteiger partial charge in [-0.15, -0.1) is 21.5 Å². The second kappa shape index (κ2) is 7.39. The van der Waals surface area contributed by atoms with E-state index in [0.717, 1.165) is 16.5 Å². The van der Waals surface area contributed by atoms with Crippen LogP contribution in [0, 0.1) is 12.7 Å². The highest BCUT2D eigenvalue weighted by Crippen LogP contribution is 2.30. The molecule has 0 N–H and O–H groups in total. The van der Waals surface area contributed by atoms with Crippen LogP contribution in [0.25, 0.3) is 17.2 Å². The van der Waals surface area contributed by atoms with E-state index in [4.69, 9.17) is 0 Å². The molecule has 0 aliphatic rings. The molecule has 2 heterocycles. The predicted molar refractivity (Wildman–Crippen MR) is 103 cm³/mol. The van der Waals surface area contributed by atoms with Gasteiger partial charge in [0, 0.05) is 11.1 Å². The van der Waals surface area contributed by atoms with Crippen molar-refractivity contribution >= 4 is 23.1 Å². The molecule has 0 amide bonds. The molecule has 130 valence electrons. The smallest absolute Gasteiger partial charge is 0.196 e. The minimum absolute atomic E-state index is 0.296. The van der Waals surface area contributed by atoms with Crippen LogP contribution in [0.15, 0.2) is 65.1 Å². The quantitative estimate of drug-likeness (QED) is 0.449. The van der Waals surface area contributed by atoms with Gasteiger partial charge in [-0.3, -0.25) is 4.57 Å². The van der Waals surface area contributed by atoms with Gasteiger partial charge in [-0.1, -0.05) is 48.2 Å². The third-order valence-corrected chi connectivity index (χ3v) is 5.53. The summed E-state index contributed by atoms with van der Waals surface area (Å²) in [5, 5.41) is 12.3. The summed E-state index contributed by atoms with van der Waals surface area (Å²) in [5.41, 5.74) is 2.62. The zero-order valence-electron chi connectivity index (χ0n) is 14.0. The first-order chi connectivity index (χ1) is 12.7. The summed E-state index contributed by atoms with van der Waals surface area (Å²) in [5.74, 6) is 1.08. The molecule has 0 bridgehead atoms. The van der Waals surface area contributed by atoms with Crippen molar-refractivity contribution in [3.05, 3.63) is 76.4 Å². The van der Waals surface area contributed by atoms with Gasteiger partial charge in [0.2, 0.25) is 0 Å². The van der Waals surface area contributed by atoms with Gasteiger partial charge in [0.1, 0.15) is 11.5 Å². The molecule has 2 aromatic heterocycles. The maximum Gasteiger partial charge on any atom is 0.196 e. The summed E-state index contributed by atoms with van der Waals surface area (Å²) >= 11 is 3.12. The Labute approximate surface area is 158 Å². The Kier molecular flexibility index (Phi) is 4.81. The van der Waals surface area contributed by atoms with Crippen LogP contribution < -0.4 is 0 Å². The molecule has 0 unspecified atom stereocenters. The Morgan fingerprint density at radius 1 is 1.08 bits per heavy atom. The van der Waals surface area contributed by atoms with Crippen molar-refractivity contribution in [3.8, 4) is 17.2 Å². The first-order valence-electron chi connectivity index (χ1n) is 8.01. The zero-order chi connectivity index (χ0) is 17.9. The third kappa shape index (κ3) is 3.54. The van der Waals surface area contributed by atoms with Gasteiger partial charge in [-0.05, 0) is 30.7 Å². The van der Waals surface area contributed by atoms with Crippen molar-refractivity contribution in [3.63, 3.8) is 0 Å². The van der Waals surface area contributed by atoms with Crippen molar-refractivity contribution in [2.45, 2.75) is 17.8 Å². The average Bonchev–Trinajstić information content (AvgIpc) is 3.27. The molecule has 0 saturated carbocycles. The van der Waals surface area contributed by atoms with Crippen LogP contribution in [0.5, 0.6) is 0 Å². The third-order valence-electron chi connectivity index (χ3n) is 3.76. The lowest BCUT2D eigenvalue weighted by molar-refractivity contribution is 0.626. The maximum atomic E-state index is 13.8. The van der Waals surface area contributed by atoms with E-state index in [1.54, 1.807) is 29.2 Å². The van der Waals surface area contributed by atoms with E-state index in [-0.39, 0.29) is 5.82 Å². The van der Waals surface area contributed by atoms with E-state index >= 15 is 0 Å². The van der Waals surface area contributed by atoms with Crippen molar-refractivity contribution in [1.29, 1.82) is 0 Å². The molecule has 0 aliphatic heterocycles. The van der Waals surface area contributed by atoms with Gasteiger partial charge in [0.15, 0.2) is 11.0 Å². The van der Waals surface area contributed by atoms with Gasteiger partial charge in [0.25, 0.3) is 0 Å². The van der Waals surface area contributed by atoms with E-state index < -0.39 is 0 Å². The first kappa shape index (κ1) is 16.9. The monoisotopic (exact) mass is 382 g/mol. The predicted octanol–water partition coefficient (Wildman–Crippen LogP) is 5.13. The Morgan fingerprint density at radius 2 is 1.92 bits per heavy atom. The number of aromatic nitrogens is 4. The number of hydrogen-bond acceptors (Lipinski definition) is 5. The highest BCUT2D eigenvalue weighted by Gasteiger charge is 2.18. The van der Waals surface area contributed by atoms with E-state index in [9.17, 15) is 4.39 Å². The number of hydrogen-bond donors (Lipinski definition) is 0.